The lowest BCUT2D eigenvalue weighted by Gasteiger charge is -2.08. The Morgan fingerprint density at radius 2 is 2.25 bits per heavy atom. The summed E-state index contributed by atoms with van der Waals surface area (Å²) in [6.45, 7) is 3.59. The number of nitrogens with one attached hydrogen (secondary N) is 1. The maximum absolute atomic E-state index is 5.75. The Kier molecular flexibility index (Phi) is 4.83. The van der Waals surface area contributed by atoms with Crippen molar-refractivity contribution in [2.45, 2.75) is 20.0 Å². The fourth-order valence-electron chi connectivity index (χ4n) is 1.70. The summed E-state index contributed by atoms with van der Waals surface area (Å²) in [7, 11) is 1.91. The SMILES string of the molecule is CCOCc1nc(N)cc(NCCc2nncn2C)n1. The van der Waals surface area contributed by atoms with Gasteiger partial charge in [0.25, 0.3) is 0 Å². The van der Waals surface area contributed by atoms with Gasteiger partial charge in [-0.1, -0.05) is 0 Å². The molecule has 0 radical (unpaired) electrons. The molecule has 0 aromatic carbocycles. The Morgan fingerprint density at radius 3 is 2.95 bits per heavy atom. The standard InChI is InChI=1S/C12H19N7O/c1-3-20-7-11-16-9(13)6-10(17-11)14-5-4-12-18-15-8-19(12)2/h6,8H,3-5,7H2,1-2H3,(H3,13,14,16,17). The highest BCUT2D eigenvalue weighted by Gasteiger charge is 2.04. The molecule has 0 fully saturated rings. The largest absolute Gasteiger partial charge is 0.384 e. The molecular weight excluding hydrogens is 258 g/mol. The molecule has 0 spiro atoms. The smallest absolute Gasteiger partial charge is 0.158 e. The molecule has 0 aliphatic heterocycles. The van der Waals surface area contributed by atoms with Crippen molar-refractivity contribution in [1.82, 2.24) is 24.7 Å². The summed E-state index contributed by atoms with van der Waals surface area (Å²) in [6.07, 6.45) is 2.43. The van der Waals surface area contributed by atoms with Gasteiger partial charge in [0.2, 0.25) is 0 Å². The summed E-state index contributed by atoms with van der Waals surface area (Å²) >= 11 is 0. The van der Waals surface area contributed by atoms with Crippen molar-refractivity contribution in [2.24, 2.45) is 7.05 Å². The summed E-state index contributed by atoms with van der Waals surface area (Å²) in [5.41, 5.74) is 5.75. The van der Waals surface area contributed by atoms with E-state index < -0.39 is 0 Å². The number of anilines is 2. The van der Waals surface area contributed by atoms with Crippen molar-refractivity contribution in [3.63, 3.8) is 0 Å². The molecular formula is C12H19N7O. The number of aromatic nitrogens is 5. The molecule has 2 rings (SSSR count). The number of nitrogens with two attached hydrogens (primary N) is 1. The third-order valence-corrected chi connectivity index (χ3v) is 2.69. The van der Waals surface area contributed by atoms with Crippen LogP contribution in [-0.4, -0.2) is 37.9 Å². The van der Waals surface area contributed by atoms with Gasteiger partial charge in [0.15, 0.2) is 5.82 Å². The molecule has 2 heterocycles. The van der Waals surface area contributed by atoms with Crippen molar-refractivity contribution < 1.29 is 4.74 Å². The number of ether oxygens (including phenoxy) is 1. The van der Waals surface area contributed by atoms with E-state index in [1.54, 1.807) is 12.4 Å². The number of hydrogen-bond donors (Lipinski definition) is 2. The van der Waals surface area contributed by atoms with Crippen LogP contribution in [0.5, 0.6) is 0 Å². The number of nitrogens with zero attached hydrogens (tertiary/aromatic N) is 5. The Bertz CT molecular complexity index is 554. The van der Waals surface area contributed by atoms with Crippen LogP contribution in [0.2, 0.25) is 0 Å². The van der Waals surface area contributed by atoms with Gasteiger partial charge < -0.3 is 20.4 Å². The molecule has 8 heteroatoms. The third-order valence-electron chi connectivity index (χ3n) is 2.69. The van der Waals surface area contributed by atoms with Crippen molar-refractivity contribution in [3.8, 4) is 0 Å². The quantitative estimate of drug-likeness (QED) is 0.753. The second-order valence-electron chi connectivity index (χ2n) is 4.27. The molecule has 8 nitrogen and oxygen atoms in total. The molecule has 0 unspecified atom stereocenters. The zero-order valence-corrected chi connectivity index (χ0v) is 11.7. The maximum Gasteiger partial charge on any atom is 0.158 e. The molecule has 0 amide bonds. The van der Waals surface area contributed by atoms with Gasteiger partial charge in [0.05, 0.1) is 0 Å². The molecule has 0 aliphatic rings. The van der Waals surface area contributed by atoms with Gasteiger partial charge >= 0.3 is 0 Å². The van der Waals surface area contributed by atoms with Gasteiger partial charge in [0.1, 0.15) is 30.4 Å². The summed E-state index contributed by atoms with van der Waals surface area (Å²) in [5.74, 6) is 2.60. The first-order valence-electron chi connectivity index (χ1n) is 6.47. The van der Waals surface area contributed by atoms with Gasteiger partial charge in [0, 0.05) is 32.7 Å². The second kappa shape index (κ2) is 6.80. The lowest BCUT2D eigenvalue weighted by Crippen LogP contribution is -2.12. The zero-order chi connectivity index (χ0) is 14.4. The monoisotopic (exact) mass is 277 g/mol. The molecule has 0 aliphatic carbocycles. The number of aryl methyl sites for hydroxylation is 1. The van der Waals surface area contributed by atoms with E-state index in [1.165, 1.54) is 0 Å². The molecule has 20 heavy (non-hydrogen) atoms. The van der Waals surface area contributed by atoms with Crippen LogP contribution in [0.4, 0.5) is 11.6 Å². The number of rotatable bonds is 7. The first-order valence-corrected chi connectivity index (χ1v) is 6.47. The van der Waals surface area contributed by atoms with Crippen LogP contribution in [0.15, 0.2) is 12.4 Å². The fourth-order valence-corrected chi connectivity index (χ4v) is 1.70. The molecule has 0 bridgehead atoms. The lowest BCUT2D eigenvalue weighted by atomic mass is 10.4. The Morgan fingerprint density at radius 1 is 1.40 bits per heavy atom. The molecule has 2 aromatic rings. The van der Waals surface area contributed by atoms with Crippen LogP contribution in [0.3, 0.4) is 0 Å². The van der Waals surface area contributed by atoms with Crippen molar-refractivity contribution >= 4 is 11.6 Å². The highest BCUT2D eigenvalue weighted by Crippen LogP contribution is 2.09. The maximum atomic E-state index is 5.75. The van der Waals surface area contributed by atoms with Gasteiger partial charge in [-0.15, -0.1) is 10.2 Å². The van der Waals surface area contributed by atoms with E-state index in [9.17, 15) is 0 Å². The van der Waals surface area contributed by atoms with Crippen LogP contribution < -0.4 is 11.1 Å². The number of hydrogen-bond acceptors (Lipinski definition) is 7. The average Bonchev–Trinajstić information content (AvgIpc) is 2.82. The van der Waals surface area contributed by atoms with Gasteiger partial charge in [-0.3, -0.25) is 0 Å². The van der Waals surface area contributed by atoms with E-state index in [1.807, 2.05) is 18.5 Å². The predicted molar refractivity (Wildman–Crippen MR) is 75.0 cm³/mol. The Hall–Kier alpha value is -2.22. The molecule has 3 N–H and O–H groups in total. The summed E-state index contributed by atoms with van der Waals surface area (Å²) in [5, 5.41) is 11.1. The zero-order valence-electron chi connectivity index (χ0n) is 11.7. The molecule has 0 saturated heterocycles. The van der Waals surface area contributed by atoms with Gasteiger partial charge in [-0.05, 0) is 6.92 Å². The Labute approximate surface area is 117 Å². The highest BCUT2D eigenvalue weighted by molar-refractivity contribution is 5.44. The van der Waals surface area contributed by atoms with Gasteiger partial charge in [-0.2, -0.15) is 0 Å². The normalized spacial score (nSPS) is 10.7. The first kappa shape index (κ1) is 14.2. The molecule has 108 valence electrons. The molecule has 0 atom stereocenters. The fraction of sp³-hybridized carbons (Fsp3) is 0.500. The van der Waals surface area contributed by atoms with Crippen LogP contribution in [0, 0.1) is 0 Å². The van der Waals surface area contributed by atoms with Crippen molar-refractivity contribution in [1.29, 1.82) is 0 Å². The number of nitrogen functional groups attached to an aromatic ring is 1. The van der Waals surface area contributed by atoms with E-state index in [0.29, 0.717) is 37.2 Å². The van der Waals surface area contributed by atoms with E-state index in [-0.39, 0.29) is 0 Å². The minimum absolute atomic E-state index is 0.361. The lowest BCUT2D eigenvalue weighted by molar-refractivity contribution is 0.128. The van der Waals surface area contributed by atoms with Crippen LogP contribution >= 0.6 is 0 Å². The first-order chi connectivity index (χ1) is 9.69. The average molecular weight is 277 g/mol. The third kappa shape index (κ3) is 3.89. The van der Waals surface area contributed by atoms with Crippen LogP contribution in [0.25, 0.3) is 0 Å². The molecule has 2 aromatic heterocycles. The second-order valence-corrected chi connectivity index (χ2v) is 4.27. The van der Waals surface area contributed by atoms with Crippen molar-refractivity contribution in [3.05, 3.63) is 24.0 Å². The Balaban J connectivity index is 1.91. The van der Waals surface area contributed by atoms with E-state index in [4.69, 9.17) is 10.5 Å². The topological polar surface area (TPSA) is 104 Å². The summed E-state index contributed by atoms with van der Waals surface area (Å²) in [4.78, 5) is 8.46. The van der Waals surface area contributed by atoms with E-state index in [2.05, 4.69) is 25.5 Å². The highest BCUT2D eigenvalue weighted by atomic mass is 16.5. The van der Waals surface area contributed by atoms with Crippen LogP contribution in [-0.2, 0) is 24.8 Å². The summed E-state index contributed by atoms with van der Waals surface area (Å²) in [6, 6.07) is 1.70. The van der Waals surface area contributed by atoms with Crippen molar-refractivity contribution in [2.75, 3.05) is 24.2 Å². The minimum Gasteiger partial charge on any atom is -0.384 e. The molecule has 0 saturated carbocycles. The van der Waals surface area contributed by atoms with E-state index in [0.717, 1.165) is 12.2 Å². The summed E-state index contributed by atoms with van der Waals surface area (Å²) < 4.78 is 7.16. The predicted octanol–water partition coefficient (Wildman–Crippen LogP) is 0.378. The van der Waals surface area contributed by atoms with Crippen LogP contribution in [0.1, 0.15) is 18.6 Å². The van der Waals surface area contributed by atoms with E-state index >= 15 is 0 Å². The van der Waals surface area contributed by atoms with Gasteiger partial charge in [-0.25, -0.2) is 9.97 Å². The minimum atomic E-state index is 0.361.